The van der Waals surface area contributed by atoms with E-state index in [0.29, 0.717) is 0 Å². The predicted octanol–water partition coefficient (Wildman–Crippen LogP) is 14.8. The average Bonchev–Trinajstić information content (AvgIpc) is 3.76. The van der Waals surface area contributed by atoms with Crippen LogP contribution in [0.2, 0.25) is 0 Å². The first-order valence-electron chi connectivity index (χ1n) is 18.5. The van der Waals surface area contributed by atoms with E-state index in [9.17, 15) is 0 Å². The summed E-state index contributed by atoms with van der Waals surface area (Å²) in [4.78, 5) is 4.58. The van der Waals surface area contributed by atoms with Gasteiger partial charge in [-0.05, 0) is 136 Å². The van der Waals surface area contributed by atoms with Crippen LogP contribution in [0.4, 0.5) is 34.1 Å². The van der Waals surface area contributed by atoms with E-state index in [1.807, 2.05) is 0 Å². The molecular weight excluding hydrogens is 661 g/mol. The van der Waals surface area contributed by atoms with Crippen LogP contribution in [0.3, 0.4) is 0 Å². The number of furan rings is 2. The largest absolute Gasteiger partial charge is 0.456 e. The number of benzene rings is 8. The molecule has 0 radical (unpaired) electrons. The van der Waals surface area contributed by atoms with Gasteiger partial charge >= 0.3 is 0 Å². The summed E-state index contributed by atoms with van der Waals surface area (Å²) in [5.74, 6) is 0. The SMILES string of the molecule is Cc1ccc(N(c2ccc(C)cc2)c2ccc3c(c2)oc2ccc4c(ccc5oc6cc(N(c7ccc(C)cc7)c7ccc(C)cc7)ccc6c54)c23)cc1. The van der Waals surface area contributed by atoms with E-state index in [1.165, 1.54) is 22.3 Å². The molecule has 54 heavy (non-hydrogen) atoms. The molecule has 260 valence electrons. The van der Waals surface area contributed by atoms with Gasteiger partial charge in [0.1, 0.15) is 22.3 Å². The molecule has 8 aromatic carbocycles. The maximum absolute atomic E-state index is 6.63. The van der Waals surface area contributed by atoms with Gasteiger partial charge in [-0.2, -0.15) is 0 Å². The minimum absolute atomic E-state index is 0.855. The zero-order valence-corrected chi connectivity index (χ0v) is 30.7. The molecule has 0 aliphatic carbocycles. The van der Waals surface area contributed by atoms with Crippen molar-refractivity contribution < 1.29 is 8.83 Å². The molecule has 0 spiro atoms. The highest BCUT2D eigenvalue weighted by Gasteiger charge is 2.20. The molecule has 0 bridgehead atoms. The molecule has 4 heteroatoms. The van der Waals surface area contributed by atoms with E-state index in [-0.39, 0.29) is 0 Å². The fourth-order valence-electron chi connectivity index (χ4n) is 7.88. The molecule has 0 N–H and O–H groups in total. The topological polar surface area (TPSA) is 32.8 Å². The van der Waals surface area contributed by atoms with Gasteiger partial charge in [-0.25, -0.2) is 0 Å². The number of nitrogens with zero attached hydrogens (tertiary/aromatic N) is 2. The minimum atomic E-state index is 0.855. The van der Waals surface area contributed by atoms with Crippen molar-refractivity contribution >= 4 is 88.8 Å². The lowest BCUT2D eigenvalue weighted by molar-refractivity contribution is 0.668. The average molecular weight is 699 g/mol. The Morgan fingerprint density at radius 3 is 0.870 bits per heavy atom. The first-order chi connectivity index (χ1) is 26.4. The van der Waals surface area contributed by atoms with Crippen LogP contribution in [-0.2, 0) is 0 Å². The fraction of sp³-hybridized carbons (Fsp3) is 0.0800. The van der Waals surface area contributed by atoms with Crippen molar-refractivity contribution in [3.8, 4) is 0 Å². The first-order valence-corrected chi connectivity index (χ1v) is 18.5. The Bertz CT molecular complexity index is 2710. The van der Waals surface area contributed by atoms with Crippen LogP contribution in [-0.4, -0.2) is 0 Å². The summed E-state index contributed by atoms with van der Waals surface area (Å²) in [6, 6.07) is 56.5. The van der Waals surface area contributed by atoms with E-state index in [1.54, 1.807) is 0 Å². The Morgan fingerprint density at radius 2 is 0.556 bits per heavy atom. The lowest BCUT2D eigenvalue weighted by atomic mass is 9.99. The van der Waals surface area contributed by atoms with Gasteiger partial charge in [-0.15, -0.1) is 0 Å². The Kier molecular flexibility index (Phi) is 7.34. The summed E-state index contributed by atoms with van der Waals surface area (Å²) >= 11 is 0. The monoisotopic (exact) mass is 698 g/mol. The van der Waals surface area contributed by atoms with Gasteiger partial charge in [0, 0.05) is 67.8 Å². The van der Waals surface area contributed by atoms with Gasteiger partial charge in [0.15, 0.2) is 0 Å². The Balaban J connectivity index is 1.11. The van der Waals surface area contributed by atoms with Crippen LogP contribution < -0.4 is 9.80 Å². The molecule has 0 atom stereocenters. The molecule has 0 aliphatic rings. The van der Waals surface area contributed by atoms with Crippen molar-refractivity contribution in [3.63, 3.8) is 0 Å². The second-order valence-electron chi connectivity index (χ2n) is 14.6. The lowest BCUT2D eigenvalue weighted by Crippen LogP contribution is -2.09. The van der Waals surface area contributed by atoms with Crippen LogP contribution >= 0.6 is 0 Å². The van der Waals surface area contributed by atoms with E-state index >= 15 is 0 Å². The highest BCUT2D eigenvalue weighted by Crippen LogP contribution is 2.44. The summed E-state index contributed by atoms with van der Waals surface area (Å²) < 4.78 is 13.3. The summed E-state index contributed by atoms with van der Waals surface area (Å²) in [7, 11) is 0. The Labute approximate surface area is 314 Å². The summed E-state index contributed by atoms with van der Waals surface area (Å²) in [5.41, 5.74) is 14.9. The zero-order chi connectivity index (χ0) is 36.5. The van der Waals surface area contributed by atoms with Crippen molar-refractivity contribution in [3.05, 3.63) is 180 Å². The maximum Gasteiger partial charge on any atom is 0.137 e. The number of aryl methyl sites for hydroxylation is 4. The van der Waals surface area contributed by atoms with Crippen LogP contribution in [0.25, 0.3) is 54.6 Å². The third-order valence-corrected chi connectivity index (χ3v) is 10.7. The Morgan fingerprint density at radius 1 is 0.278 bits per heavy atom. The summed E-state index contributed by atoms with van der Waals surface area (Å²) in [6.07, 6.45) is 0. The normalized spacial score (nSPS) is 11.7. The van der Waals surface area contributed by atoms with E-state index < -0.39 is 0 Å². The molecule has 0 aliphatic heterocycles. The van der Waals surface area contributed by atoms with Gasteiger partial charge in [0.2, 0.25) is 0 Å². The van der Waals surface area contributed by atoms with Crippen LogP contribution in [0.5, 0.6) is 0 Å². The number of anilines is 6. The molecule has 10 rings (SSSR count). The van der Waals surface area contributed by atoms with E-state index in [2.05, 4.69) is 195 Å². The number of fused-ring (bicyclic) bond motifs is 9. The molecule has 10 aromatic rings. The molecule has 2 aromatic heterocycles. The predicted molar refractivity (Wildman–Crippen MR) is 227 cm³/mol. The second kappa shape index (κ2) is 12.4. The van der Waals surface area contributed by atoms with Crippen molar-refractivity contribution in [2.45, 2.75) is 27.7 Å². The zero-order valence-electron chi connectivity index (χ0n) is 30.7. The molecule has 0 fully saturated rings. The fourth-order valence-corrected chi connectivity index (χ4v) is 7.88. The third kappa shape index (κ3) is 5.30. The standard InChI is InChI=1S/C50H38N2O2/c1-31-5-13-35(14-6-31)51(36-15-7-32(2)8-16-36)39-21-23-43-47(29-39)53-45-27-25-42-41(49(43)45)26-28-46-50(42)44-24-22-40(30-48(44)54-46)52(37-17-9-33(3)10-18-37)38-19-11-34(4)12-20-38/h5-30H,1-4H3. The molecule has 0 unspecified atom stereocenters. The number of hydrogen-bond donors (Lipinski definition) is 0. The number of rotatable bonds is 6. The summed E-state index contributed by atoms with van der Waals surface area (Å²) in [5, 5.41) is 6.70. The van der Waals surface area contributed by atoms with Crippen molar-refractivity contribution in [2.24, 2.45) is 0 Å². The van der Waals surface area contributed by atoms with Crippen LogP contribution in [0.15, 0.2) is 167 Å². The van der Waals surface area contributed by atoms with Gasteiger partial charge in [0.05, 0.1) is 0 Å². The first kappa shape index (κ1) is 31.9. The van der Waals surface area contributed by atoms with E-state index in [4.69, 9.17) is 8.83 Å². The van der Waals surface area contributed by atoms with Crippen molar-refractivity contribution in [1.82, 2.24) is 0 Å². The van der Waals surface area contributed by atoms with E-state index in [0.717, 1.165) is 88.8 Å². The van der Waals surface area contributed by atoms with Gasteiger partial charge < -0.3 is 18.6 Å². The summed E-state index contributed by atoms with van der Waals surface area (Å²) in [6.45, 7) is 8.48. The molecule has 4 nitrogen and oxygen atoms in total. The van der Waals surface area contributed by atoms with Gasteiger partial charge in [0.25, 0.3) is 0 Å². The molecule has 2 heterocycles. The smallest absolute Gasteiger partial charge is 0.137 e. The maximum atomic E-state index is 6.63. The molecule has 0 saturated carbocycles. The van der Waals surface area contributed by atoms with Crippen molar-refractivity contribution in [2.75, 3.05) is 9.80 Å². The van der Waals surface area contributed by atoms with Gasteiger partial charge in [-0.1, -0.05) is 70.8 Å². The van der Waals surface area contributed by atoms with Crippen LogP contribution in [0.1, 0.15) is 22.3 Å². The molecular formula is C50H38N2O2. The molecule has 0 amide bonds. The minimum Gasteiger partial charge on any atom is -0.456 e. The highest BCUT2D eigenvalue weighted by atomic mass is 16.3. The lowest BCUT2D eigenvalue weighted by Gasteiger charge is -2.25. The van der Waals surface area contributed by atoms with Gasteiger partial charge in [-0.3, -0.25) is 0 Å². The third-order valence-electron chi connectivity index (χ3n) is 10.7. The second-order valence-corrected chi connectivity index (χ2v) is 14.6. The molecule has 0 saturated heterocycles. The highest BCUT2D eigenvalue weighted by molar-refractivity contribution is 6.27. The quantitative estimate of drug-likeness (QED) is 0.173. The Hall–Kier alpha value is -6.78. The van der Waals surface area contributed by atoms with Crippen LogP contribution in [0, 0.1) is 27.7 Å². The number of hydrogen-bond acceptors (Lipinski definition) is 4. The van der Waals surface area contributed by atoms with Crippen molar-refractivity contribution in [1.29, 1.82) is 0 Å².